The molecule has 0 bridgehead atoms. The molecule has 0 amide bonds. The summed E-state index contributed by atoms with van der Waals surface area (Å²) in [5.41, 5.74) is 6.55. The lowest BCUT2D eigenvalue weighted by atomic mass is 9.97. The summed E-state index contributed by atoms with van der Waals surface area (Å²) in [6.45, 7) is 6.36. The summed E-state index contributed by atoms with van der Waals surface area (Å²) in [6.07, 6.45) is 2.12. The number of hydrogen-bond acceptors (Lipinski definition) is 0. The molecule has 2 aromatic rings. The summed E-state index contributed by atoms with van der Waals surface area (Å²) in [4.78, 5) is 0. The zero-order chi connectivity index (χ0) is 11.5. The quantitative estimate of drug-likeness (QED) is 0.681. The molecule has 0 unspecified atom stereocenters. The highest BCUT2D eigenvalue weighted by Gasteiger charge is 2.01. The summed E-state index contributed by atoms with van der Waals surface area (Å²) in [7, 11) is 0. The van der Waals surface area contributed by atoms with Crippen molar-refractivity contribution in [1.29, 1.82) is 0 Å². The van der Waals surface area contributed by atoms with Crippen molar-refractivity contribution in [1.82, 2.24) is 0 Å². The minimum atomic E-state index is 1.27. The van der Waals surface area contributed by atoms with Crippen molar-refractivity contribution < 1.29 is 0 Å². The molecule has 0 nitrogen and oxygen atoms in total. The van der Waals surface area contributed by atoms with Gasteiger partial charge in [-0.05, 0) is 42.5 Å². The second-order valence-electron chi connectivity index (χ2n) is 4.23. The summed E-state index contributed by atoms with van der Waals surface area (Å²) in [6, 6.07) is 15.3. The Morgan fingerprint density at radius 1 is 0.875 bits per heavy atom. The summed E-state index contributed by atoms with van der Waals surface area (Å²) in [5, 5.41) is 0. The van der Waals surface area contributed by atoms with Crippen LogP contribution in [0.1, 0.15) is 23.6 Å². The van der Waals surface area contributed by atoms with Crippen molar-refractivity contribution in [2.24, 2.45) is 0 Å². The van der Waals surface area contributed by atoms with Crippen LogP contribution in [0.2, 0.25) is 0 Å². The predicted octanol–water partition coefficient (Wildman–Crippen LogP) is 4.54. The number of rotatable bonds is 2. The van der Waals surface area contributed by atoms with E-state index in [1.54, 1.807) is 0 Å². The van der Waals surface area contributed by atoms with Gasteiger partial charge in [-0.3, -0.25) is 0 Å². The van der Waals surface area contributed by atoms with E-state index < -0.39 is 0 Å². The first-order valence-electron chi connectivity index (χ1n) is 5.68. The van der Waals surface area contributed by atoms with Gasteiger partial charge in [-0.15, -0.1) is 0 Å². The van der Waals surface area contributed by atoms with Crippen LogP contribution < -0.4 is 0 Å². The Balaban J connectivity index is 2.45. The van der Waals surface area contributed by atoms with Crippen LogP contribution in [-0.2, 0) is 0 Å². The minimum Gasteiger partial charge on any atom is -0.0590 e. The van der Waals surface area contributed by atoms with Crippen LogP contribution in [0.25, 0.3) is 11.1 Å². The molecule has 0 saturated heterocycles. The van der Waals surface area contributed by atoms with Gasteiger partial charge in [0.2, 0.25) is 0 Å². The molecule has 0 N–H and O–H groups in total. The zero-order valence-corrected chi connectivity index (χ0v) is 10.1. The van der Waals surface area contributed by atoms with Crippen LogP contribution in [-0.4, -0.2) is 0 Å². The van der Waals surface area contributed by atoms with E-state index in [1.807, 2.05) is 0 Å². The predicted molar refractivity (Wildman–Crippen MR) is 70.4 cm³/mol. The molecule has 2 rings (SSSR count). The van der Waals surface area contributed by atoms with E-state index in [1.165, 1.54) is 27.8 Å². The third kappa shape index (κ3) is 2.16. The van der Waals surface area contributed by atoms with Crippen molar-refractivity contribution in [3.05, 3.63) is 65.6 Å². The minimum absolute atomic E-state index is 1.27. The molecule has 0 atom stereocenters. The van der Waals surface area contributed by atoms with Crippen LogP contribution >= 0.6 is 0 Å². The molecule has 1 radical (unpaired) electrons. The molecular formula is C16H17. The molecular weight excluding hydrogens is 192 g/mol. The molecule has 0 heterocycles. The van der Waals surface area contributed by atoms with Crippen LogP contribution in [0, 0.1) is 20.3 Å². The van der Waals surface area contributed by atoms with Gasteiger partial charge in [-0.1, -0.05) is 55.0 Å². The fourth-order valence-corrected chi connectivity index (χ4v) is 1.90. The number of aryl methyl sites for hydroxylation is 2. The van der Waals surface area contributed by atoms with E-state index in [0.717, 1.165) is 0 Å². The van der Waals surface area contributed by atoms with Gasteiger partial charge in [0.15, 0.2) is 0 Å². The SMILES string of the molecule is C[CH]c1ccc(-c2cc(C)ccc2C)cc1. The van der Waals surface area contributed by atoms with Gasteiger partial charge < -0.3 is 0 Å². The average molecular weight is 209 g/mol. The lowest BCUT2D eigenvalue weighted by Gasteiger charge is -2.08. The smallest absolute Gasteiger partial charge is 0.0124 e. The van der Waals surface area contributed by atoms with Crippen molar-refractivity contribution in [3.63, 3.8) is 0 Å². The molecule has 81 valence electrons. The van der Waals surface area contributed by atoms with Crippen LogP contribution in [0.3, 0.4) is 0 Å². The highest BCUT2D eigenvalue weighted by molar-refractivity contribution is 5.68. The van der Waals surface area contributed by atoms with Crippen LogP contribution in [0.5, 0.6) is 0 Å². The Kier molecular flexibility index (Phi) is 3.09. The largest absolute Gasteiger partial charge is 0.0590 e. The lowest BCUT2D eigenvalue weighted by Crippen LogP contribution is -1.85. The van der Waals surface area contributed by atoms with Gasteiger partial charge in [0.05, 0.1) is 0 Å². The van der Waals surface area contributed by atoms with Gasteiger partial charge in [-0.2, -0.15) is 0 Å². The fraction of sp³-hybridized carbons (Fsp3) is 0.188. The van der Waals surface area contributed by atoms with Crippen molar-refractivity contribution in [3.8, 4) is 11.1 Å². The third-order valence-electron chi connectivity index (χ3n) is 2.95. The van der Waals surface area contributed by atoms with E-state index in [9.17, 15) is 0 Å². The maximum atomic E-state index is 2.25. The fourth-order valence-electron chi connectivity index (χ4n) is 1.90. The topological polar surface area (TPSA) is 0 Å². The Bertz CT molecular complexity index is 478. The average Bonchev–Trinajstić information content (AvgIpc) is 2.32. The Morgan fingerprint density at radius 3 is 2.19 bits per heavy atom. The molecule has 0 heteroatoms. The molecule has 0 aliphatic carbocycles. The van der Waals surface area contributed by atoms with Gasteiger partial charge in [0, 0.05) is 0 Å². The zero-order valence-electron chi connectivity index (χ0n) is 10.1. The van der Waals surface area contributed by atoms with E-state index in [-0.39, 0.29) is 0 Å². The number of benzene rings is 2. The second-order valence-corrected chi connectivity index (χ2v) is 4.23. The normalized spacial score (nSPS) is 10.4. The van der Waals surface area contributed by atoms with Gasteiger partial charge in [0.1, 0.15) is 0 Å². The second kappa shape index (κ2) is 4.52. The molecule has 0 aliphatic rings. The van der Waals surface area contributed by atoms with Gasteiger partial charge in [-0.25, -0.2) is 0 Å². The molecule has 16 heavy (non-hydrogen) atoms. The molecule has 0 fully saturated rings. The molecule has 0 aliphatic heterocycles. The maximum Gasteiger partial charge on any atom is -0.0124 e. The van der Waals surface area contributed by atoms with E-state index in [0.29, 0.717) is 0 Å². The highest BCUT2D eigenvalue weighted by atomic mass is 14.1. The van der Waals surface area contributed by atoms with E-state index in [2.05, 4.69) is 69.7 Å². The standard InChI is InChI=1S/C16H17/c1-4-14-7-9-15(10-8-14)16-11-12(2)5-6-13(16)3/h4-11H,1-3H3. The van der Waals surface area contributed by atoms with Gasteiger partial charge >= 0.3 is 0 Å². The summed E-state index contributed by atoms with van der Waals surface area (Å²) >= 11 is 0. The van der Waals surface area contributed by atoms with Crippen LogP contribution in [0.4, 0.5) is 0 Å². The first-order chi connectivity index (χ1) is 7.70. The first-order valence-corrected chi connectivity index (χ1v) is 5.68. The molecule has 2 aromatic carbocycles. The summed E-state index contributed by atoms with van der Waals surface area (Å²) < 4.78 is 0. The monoisotopic (exact) mass is 209 g/mol. The maximum absolute atomic E-state index is 2.25. The van der Waals surface area contributed by atoms with Crippen molar-refractivity contribution in [2.75, 3.05) is 0 Å². The van der Waals surface area contributed by atoms with E-state index >= 15 is 0 Å². The highest BCUT2D eigenvalue weighted by Crippen LogP contribution is 2.24. The lowest BCUT2D eigenvalue weighted by molar-refractivity contribution is 1.38. The summed E-state index contributed by atoms with van der Waals surface area (Å²) in [5.74, 6) is 0. The Hall–Kier alpha value is -1.56. The third-order valence-corrected chi connectivity index (χ3v) is 2.95. The molecule has 0 aromatic heterocycles. The molecule has 0 spiro atoms. The van der Waals surface area contributed by atoms with Crippen LogP contribution in [0.15, 0.2) is 42.5 Å². The Labute approximate surface area is 97.9 Å². The molecule has 0 saturated carbocycles. The van der Waals surface area contributed by atoms with Crippen molar-refractivity contribution in [2.45, 2.75) is 20.8 Å². The number of hydrogen-bond donors (Lipinski definition) is 0. The first kappa shape index (κ1) is 10.9. The Morgan fingerprint density at radius 2 is 1.56 bits per heavy atom. The van der Waals surface area contributed by atoms with Gasteiger partial charge in [0.25, 0.3) is 0 Å². The van der Waals surface area contributed by atoms with E-state index in [4.69, 9.17) is 0 Å². The van der Waals surface area contributed by atoms with Crippen molar-refractivity contribution >= 4 is 0 Å².